The fourth-order valence-electron chi connectivity index (χ4n) is 4.21. The molecular weight excluding hydrogens is 440 g/mol. The van der Waals surface area contributed by atoms with Crippen molar-refractivity contribution in [2.45, 2.75) is 18.9 Å². The zero-order chi connectivity index (χ0) is 22.9. The lowest BCUT2D eigenvalue weighted by Gasteiger charge is -2.16. The van der Waals surface area contributed by atoms with E-state index in [1.54, 1.807) is 30.5 Å². The number of amides is 2. The van der Waals surface area contributed by atoms with Crippen molar-refractivity contribution in [2.24, 2.45) is 0 Å². The van der Waals surface area contributed by atoms with Gasteiger partial charge in [-0.15, -0.1) is 0 Å². The maximum absolute atomic E-state index is 12.7. The molecular formula is C24H23ClN6O2. The second kappa shape index (κ2) is 8.80. The molecule has 1 aromatic heterocycles. The van der Waals surface area contributed by atoms with Gasteiger partial charge < -0.3 is 20.9 Å². The van der Waals surface area contributed by atoms with E-state index >= 15 is 0 Å². The smallest absolute Gasteiger partial charge is 0.253 e. The molecule has 2 amide bonds. The van der Waals surface area contributed by atoms with Crippen LogP contribution in [0.4, 0.5) is 17.3 Å². The third kappa shape index (κ3) is 4.40. The summed E-state index contributed by atoms with van der Waals surface area (Å²) in [5.41, 5.74) is 4.25. The lowest BCUT2D eigenvalue weighted by Crippen LogP contribution is -2.33. The lowest BCUT2D eigenvalue weighted by atomic mass is 10.1. The molecule has 3 heterocycles. The van der Waals surface area contributed by atoms with Crippen molar-refractivity contribution >= 4 is 40.7 Å². The van der Waals surface area contributed by atoms with Crippen LogP contribution in [0, 0.1) is 0 Å². The van der Waals surface area contributed by atoms with Gasteiger partial charge in [0, 0.05) is 52.7 Å². The van der Waals surface area contributed by atoms with E-state index in [0.717, 1.165) is 36.3 Å². The van der Waals surface area contributed by atoms with Gasteiger partial charge in [-0.05, 0) is 55.9 Å². The fraction of sp³-hybridized carbons (Fsp3) is 0.250. The number of nitrogens with zero attached hydrogens (tertiary/aromatic N) is 3. The van der Waals surface area contributed by atoms with Crippen molar-refractivity contribution in [1.82, 2.24) is 20.2 Å². The van der Waals surface area contributed by atoms with E-state index < -0.39 is 0 Å². The predicted octanol–water partition coefficient (Wildman–Crippen LogP) is 3.47. The molecule has 1 fully saturated rings. The van der Waals surface area contributed by atoms with Gasteiger partial charge in [-0.3, -0.25) is 9.59 Å². The first-order chi connectivity index (χ1) is 16.0. The van der Waals surface area contributed by atoms with Gasteiger partial charge in [0.1, 0.15) is 0 Å². The monoisotopic (exact) mass is 462 g/mol. The van der Waals surface area contributed by atoms with Gasteiger partial charge in [0.15, 0.2) is 0 Å². The maximum atomic E-state index is 12.7. The first-order valence-electron chi connectivity index (χ1n) is 10.8. The highest BCUT2D eigenvalue weighted by molar-refractivity contribution is 6.31. The minimum absolute atomic E-state index is 0.0352. The SMILES string of the molecule is CNC1CCN(C(=O)c2ccc(Nc3ncc4c(n3)-c3ccc(Cl)cc3NC(=O)C4)cc2)C1. The first kappa shape index (κ1) is 21.4. The molecule has 2 aliphatic rings. The van der Waals surface area contributed by atoms with Crippen LogP contribution in [-0.4, -0.2) is 52.9 Å². The first-order valence-corrected chi connectivity index (χ1v) is 11.2. The van der Waals surface area contributed by atoms with E-state index in [-0.39, 0.29) is 18.2 Å². The molecule has 3 N–H and O–H groups in total. The second-order valence-electron chi connectivity index (χ2n) is 8.21. The lowest BCUT2D eigenvalue weighted by molar-refractivity contribution is -0.115. The summed E-state index contributed by atoms with van der Waals surface area (Å²) in [4.78, 5) is 35.9. The van der Waals surface area contributed by atoms with Crippen LogP contribution in [0.5, 0.6) is 0 Å². The zero-order valence-electron chi connectivity index (χ0n) is 18.1. The molecule has 1 atom stereocenters. The zero-order valence-corrected chi connectivity index (χ0v) is 18.8. The topological polar surface area (TPSA) is 99.2 Å². The van der Waals surface area contributed by atoms with Crippen LogP contribution in [-0.2, 0) is 11.2 Å². The summed E-state index contributed by atoms with van der Waals surface area (Å²) in [5.74, 6) is 0.299. The van der Waals surface area contributed by atoms with Crippen LogP contribution in [0.1, 0.15) is 22.3 Å². The Morgan fingerprint density at radius 1 is 1.21 bits per heavy atom. The molecule has 3 aromatic rings. The van der Waals surface area contributed by atoms with Gasteiger partial charge in [-0.1, -0.05) is 11.6 Å². The van der Waals surface area contributed by atoms with Crippen molar-refractivity contribution in [3.63, 3.8) is 0 Å². The number of hydrogen-bond donors (Lipinski definition) is 3. The average Bonchev–Trinajstić information content (AvgIpc) is 3.25. The van der Waals surface area contributed by atoms with E-state index in [0.29, 0.717) is 34.0 Å². The van der Waals surface area contributed by atoms with Gasteiger partial charge >= 0.3 is 0 Å². The third-order valence-corrected chi connectivity index (χ3v) is 6.23. The number of fused-ring (bicyclic) bond motifs is 3. The molecule has 2 aromatic carbocycles. The molecule has 0 radical (unpaired) electrons. The second-order valence-corrected chi connectivity index (χ2v) is 8.65. The number of benzene rings is 2. The standard InChI is InChI=1S/C24H23ClN6O2/c1-26-18-8-9-31(13-18)23(33)14-2-5-17(6-3-14)28-24-27-12-15-10-21(32)29-20-11-16(25)4-7-19(20)22(15)30-24/h2-7,11-12,18,26H,8-10,13H2,1H3,(H,29,32)(H,27,28,30). The van der Waals surface area contributed by atoms with Gasteiger partial charge in [0.2, 0.25) is 11.9 Å². The molecule has 168 valence electrons. The summed E-state index contributed by atoms with van der Waals surface area (Å²) >= 11 is 6.11. The molecule has 2 aliphatic heterocycles. The number of likely N-dealkylation sites (N-methyl/N-ethyl adjacent to an activating group) is 1. The normalized spacial score (nSPS) is 17.1. The van der Waals surface area contributed by atoms with Crippen molar-refractivity contribution in [3.8, 4) is 11.3 Å². The minimum atomic E-state index is -0.138. The number of anilines is 3. The molecule has 0 saturated carbocycles. The molecule has 0 bridgehead atoms. The summed E-state index contributed by atoms with van der Waals surface area (Å²) in [7, 11) is 1.92. The average molecular weight is 463 g/mol. The number of hydrogen-bond acceptors (Lipinski definition) is 6. The van der Waals surface area contributed by atoms with E-state index in [9.17, 15) is 9.59 Å². The van der Waals surface area contributed by atoms with E-state index in [1.165, 1.54) is 0 Å². The van der Waals surface area contributed by atoms with Crippen molar-refractivity contribution in [1.29, 1.82) is 0 Å². The highest BCUT2D eigenvalue weighted by Gasteiger charge is 2.26. The minimum Gasteiger partial charge on any atom is -0.337 e. The van der Waals surface area contributed by atoms with Crippen molar-refractivity contribution in [2.75, 3.05) is 30.8 Å². The van der Waals surface area contributed by atoms with Crippen molar-refractivity contribution < 1.29 is 9.59 Å². The van der Waals surface area contributed by atoms with E-state index in [1.807, 2.05) is 30.1 Å². The van der Waals surface area contributed by atoms with Crippen molar-refractivity contribution in [3.05, 3.63) is 64.8 Å². The fourth-order valence-corrected chi connectivity index (χ4v) is 4.38. The number of aromatic nitrogens is 2. The molecule has 0 aliphatic carbocycles. The highest BCUT2D eigenvalue weighted by atomic mass is 35.5. The predicted molar refractivity (Wildman–Crippen MR) is 128 cm³/mol. The number of likely N-dealkylation sites (tertiary alicyclic amines) is 1. The Balaban J connectivity index is 1.36. The Morgan fingerprint density at radius 3 is 2.79 bits per heavy atom. The van der Waals surface area contributed by atoms with E-state index in [4.69, 9.17) is 11.6 Å². The van der Waals surface area contributed by atoms with Gasteiger partial charge in [-0.2, -0.15) is 0 Å². The summed E-state index contributed by atoms with van der Waals surface area (Å²) in [6.45, 7) is 1.49. The molecule has 33 heavy (non-hydrogen) atoms. The van der Waals surface area contributed by atoms with Gasteiger partial charge in [-0.25, -0.2) is 9.97 Å². The molecule has 5 rings (SSSR count). The Bertz CT molecular complexity index is 1230. The number of rotatable bonds is 4. The summed E-state index contributed by atoms with van der Waals surface area (Å²) in [6, 6.07) is 13.0. The molecule has 0 spiro atoms. The highest BCUT2D eigenvalue weighted by Crippen LogP contribution is 2.34. The molecule has 9 heteroatoms. The Labute approximate surface area is 196 Å². The molecule has 8 nitrogen and oxygen atoms in total. The summed E-state index contributed by atoms with van der Waals surface area (Å²) < 4.78 is 0. The Kier molecular flexibility index (Phi) is 5.70. The van der Waals surface area contributed by atoms with Gasteiger partial charge in [0.25, 0.3) is 5.91 Å². The maximum Gasteiger partial charge on any atom is 0.253 e. The van der Waals surface area contributed by atoms with Gasteiger partial charge in [0.05, 0.1) is 17.8 Å². The van der Waals surface area contributed by atoms with E-state index in [2.05, 4.69) is 25.9 Å². The molecule has 1 unspecified atom stereocenters. The third-order valence-electron chi connectivity index (χ3n) is 6.00. The largest absolute Gasteiger partial charge is 0.337 e. The van der Waals surface area contributed by atoms with Crippen LogP contribution in [0.15, 0.2) is 48.7 Å². The Hall–Kier alpha value is -3.49. The van der Waals surface area contributed by atoms with Crippen LogP contribution in [0.2, 0.25) is 5.02 Å². The Morgan fingerprint density at radius 2 is 2.03 bits per heavy atom. The van der Waals surface area contributed by atoms with Crippen LogP contribution in [0.25, 0.3) is 11.3 Å². The summed E-state index contributed by atoms with van der Waals surface area (Å²) in [6.07, 6.45) is 2.81. The van der Waals surface area contributed by atoms with Crippen LogP contribution >= 0.6 is 11.6 Å². The number of nitrogens with one attached hydrogen (secondary N) is 3. The quantitative estimate of drug-likeness (QED) is 0.549. The number of carbonyl (C=O) groups excluding carboxylic acids is 2. The van der Waals surface area contributed by atoms with Crippen LogP contribution in [0.3, 0.4) is 0 Å². The van der Waals surface area contributed by atoms with Crippen LogP contribution < -0.4 is 16.0 Å². The molecule has 1 saturated heterocycles. The number of carbonyl (C=O) groups is 2. The summed E-state index contributed by atoms with van der Waals surface area (Å²) in [5, 5.41) is 9.83. The number of halogens is 1.